The van der Waals surface area contributed by atoms with Crippen molar-refractivity contribution in [1.82, 2.24) is 10.2 Å². The average Bonchev–Trinajstić information content (AvgIpc) is 2.74. The Morgan fingerprint density at radius 3 is 2.76 bits per heavy atom. The maximum absolute atomic E-state index is 9.66. The summed E-state index contributed by atoms with van der Waals surface area (Å²) in [5.41, 5.74) is 8.03. The molecule has 1 aromatic heterocycles. The molecule has 116 valence electrons. The van der Waals surface area contributed by atoms with E-state index in [0.717, 1.165) is 43.5 Å². The minimum Gasteiger partial charge on any atom is -0.409 e. The number of hydrogen-bond donors (Lipinski definition) is 3. The molecule has 1 aliphatic rings. The van der Waals surface area contributed by atoms with E-state index in [1.165, 1.54) is 0 Å². The number of nitrogens with zero attached hydrogens (tertiary/aromatic N) is 4. The van der Waals surface area contributed by atoms with E-state index in [9.17, 15) is 5.11 Å². The number of oxime groups is 1. The molecule has 1 fully saturated rings. The van der Waals surface area contributed by atoms with Gasteiger partial charge in [0, 0.05) is 6.54 Å². The van der Waals surface area contributed by atoms with E-state index in [0.29, 0.717) is 11.4 Å². The standard InChI is InChI=1S/C14H23N5O2/c1-9-10(2)16-17-14(12(9)13(15)18-21)19-7-5-3-4-6-11(19)8-20/h11,20-21H,3-8H2,1-2H3,(H2,15,18). The first-order chi connectivity index (χ1) is 10.1. The zero-order valence-corrected chi connectivity index (χ0v) is 12.6. The molecule has 0 aliphatic carbocycles. The number of anilines is 1. The van der Waals surface area contributed by atoms with Crippen LogP contribution in [0.3, 0.4) is 0 Å². The number of nitrogens with two attached hydrogens (primary N) is 1. The third-order valence-corrected chi connectivity index (χ3v) is 4.16. The highest BCUT2D eigenvalue weighted by atomic mass is 16.4. The second-order valence-corrected chi connectivity index (χ2v) is 5.47. The second-order valence-electron chi connectivity index (χ2n) is 5.47. The Kier molecular flexibility index (Phi) is 4.95. The van der Waals surface area contributed by atoms with Crippen LogP contribution in [0.1, 0.15) is 42.5 Å². The highest BCUT2D eigenvalue weighted by Crippen LogP contribution is 2.27. The number of aromatic nitrogens is 2. The van der Waals surface area contributed by atoms with Gasteiger partial charge in [0.1, 0.15) is 0 Å². The van der Waals surface area contributed by atoms with Crippen molar-refractivity contribution in [1.29, 1.82) is 0 Å². The van der Waals surface area contributed by atoms with Crippen LogP contribution in [0.15, 0.2) is 5.16 Å². The zero-order chi connectivity index (χ0) is 15.4. The van der Waals surface area contributed by atoms with Crippen molar-refractivity contribution < 1.29 is 10.3 Å². The van der Waals surface area contributed by atoms with E-state index in [2.05, 4.69) is 15.4 Å². The number of aryl methyl sites for hydroxylation is 1. The van der Waals surface area contributed by atoms with E-state index in [1.807, 2.05) is 18.7 Å². The van der Waals surface area contributed by atoms with Crippen LogP contribution in [0.5, 0.6) is 0 Å². The van der Waals surface area contributed by atoms with Gasteiger partial charge < -0.3 is 20.9 Å². The Morgan fingerprint density at radius 1 is 1.33 bits per heavy atom. The molecular weight excluding hydrogens is 270 g/mol. The number of amidine groups is 1. The van der Waals surface area contributed by atoms with Crippen LogP contribution in [-0.2, 0) is 0 Å². The van der Waals surface area contributed by atoms with Crippen LogP contribution < -0.4 is 10.6 Å². The van der Waals surface area contributed by atoms with Gasteiger partial charge in [-0.1, -0.05) is 18.0 Å². The van der Waals surface area contributed by atoms with Gasteiger partial charge in [0.2, 0.25) is 0 Å². The largest absolute Gasteiger partial charge is 0.409 e. The fourth-order valence-electron chi connectivity index (χ4n) is 2.80. The Morgan fingerprint density at radius 2 is 2.10 bits per heavy atom. The normalized spacial score (nSPS) is 20.4. The molecule has 0 aromatic carbocycles. The molecule has 0 amide bonds. The Bertz CT molecular complexity index is 532. The van der Waals surface area contributed by atoms with Gasteiger partial charge in [-0.2, -0.15) is 5.10 Å². The minimum atomic E-state index is -0.00542. The van der Waals surface area contributed by atoms with Crippen molar-refractivity contribution >= 4 is 11.7 Å². The quantitative estimate of drug-likeness (QED) is 0.331. The summed E-state index contributed by atoms with van der Waals surface area (Å²) in [4.78, 5) is 2.04. The van der Waals surface area contributed by atoms with Crippen molar-refractivity contribution in [3.63, 3.8) is 0 Å². The van der Waals surface area contributed by atoms with Gasteiger partial charge >= 0.3 is 0 Å². The van der Waals surface area contributed by atoms with E-state index >= 15 is 0 Å². The van der Waals surface area contributed by atoms with Gasteiger partial charge in [-0.25, -0.2) is 0 Å². The van der Waals surface area contributed by atoms with Gasteiger partial charge in [0.25, 0.3) is 0 Å². The molecule has 1 unspecified atom stereocenters. The van der Waals surface area contributed by atoms with Crippen LogP contribution in [0.4, 0.5) is 5.82 Å². The summed E-state index contributed by atoms with van der Waals surface area (Å²) in [5, 5.41) is 30.3. The number of hydrogen-bond acceptors (Lipinski definition) is 6. The lowest BCUT2D eigenvalue weighted by atomic mass is 10.1. The number of aliphatic hydroxyl groups is 1. The van der Waals surface area contributed by atoms with Gasteiger partial charge in [0.05, 0.1) is 23.9 Å². The minimum absolute atomic E-state index is 0.00542. The van der Waals surface area contributed by atoms with Crippen molar-refractivity contribution in [2.24, 2.45) is 10.9 Å². The second kappa shape index (κ2) is 6.71. The predicted molar refractivity (Wildman–Crippen MR) is 80.7 cm³/mol. The highest BCUT2D eigenvalue weighted by Gasteiger charge is 2.27. The van der Waals surface area contributed by atoms with Crippen molar-refractivity contribution in [3.05, 3.63) is 16.8 Å². The maximum Gasteiger partial charge on any atom is 0.174 e. The van der Waals surface area contributed by atoms with Gasteiger partial charge in [-0.3, -0.25) is 0 Å². The van der Waals surface area contributed by atoms with Crippen molar-refractivity contribution in [2.75, 3.05) is 18.1 Å². The highest BCUT2D eigenvalue weighted by molar-refractivity contribution is 6.02. The van der Waals surface area contributed by atoms with Crippen LogP contribution in [0.2, 0.25) is 0 Å². The lowest BCUT2D eigenvalue weighted by Gasteiger charge is -2.31. The number of rotatable bonds is 3. The maximum atomic E-state index is 9.66. The Hall–Kier alpha value is -1.89. The van der Waals surface area contributed by atoms with Crippen LogP contribution in [0, 0.1) is 13.8 Å². The smallest absolute Gasteiger partial charge is 0.174 e. The van der Waals surface area contributed by atoms with Gasteiger partial charge in [0.15, 0.2) is 11.7 Å². The molecule has 1 aliphatic heterocycles. The molecule has 1 saturated heterocycles. The van der Waals surface area contributed by atoms with Gasteiger partial charge in [-0.15, -0.1) is 5.10 Å². The third-order valence-electron chi connectivity index (χ3n) is 4.16. The van der Waals surface area contributed by atoms with Crippen molar-refractivity contribution in [2.45, 2.75) is 45.6 Å². The molecule has 1 aromatic rings. The summed E-state index contributed by atoms with van der Waals surface area (Å²) >= 11 is 0. The molecule has 21 heavy (non-hydrogen) atoms. The molecule has 0 radical (unpaired) electrons. The Balaban J connectivity index is 2.53. The first-order valence-electron chi connectivity index (χ1n) is 7.29. The lowest BCUT2D eigenvalue weighted by molar-refractivity contribution is 0.254. The molecule has 0 spiro atoms. The van der Waals surface area contributed by atoms with E-state index < -0.39 is 0 Å². The third kappa shape index (κ3) is 3.07. The SMILES string of the molecule is Cc1nnc(N2CCCCCC2CO)c(C(N)=NO)c1C. The van der Waals surface area contributed by atoms with E-state index in [4.69, 9.17) is 10.9 Å². The summed E-state index contributed by atoms with van der Waals surface area (Å²) in [5.74, 6) is 0.621. The summed E-state index contributed by atoms with van der Waals surface area (Å²) in [6.07, 6.45) is 4.14. The molecule has 0 bridgehead atoms. The van der Waals surface area contributed by atoms with Crippen LogP contribution in [-0.4, -0.2) is 45.5 Å². The molecular formula is C14H23N5O2. The van der Waals surface area contributed by atoms with E-state index in [1.54, 1.807) is 0 Å². The molecule has 7 nitrogen and oxygen atoms in total. The topological polar surface area (TPSA) is 108 Å². The molecule has 2 heterocycles. The molecule has 1 atom stereocenters. The average molecular weight is 293 g/mol. The number of aliphatic hydroxyl groups excluding tert-OH is 1. The zero-order valence-electron chi connectivity index (χ0n) is 12.6. The summed E-state index contributed by atoms with van der Waals surface area (Å²) in [6, 6.07) is -0.00542. The molecule has 7 heteroatoms. The van der Waals surface area contributed by atoms with Gasteiger partial charge in [-0.05, 0) is 32.3 Å². The molecule has 2 rings (SSSR count). The first-order valence-corrected chi connectivity index (χ1v) is 7.29. The summed E-state index contributed by atoms with van der Waals surface area (Å²) < 4.78 is 0. The summed E-state index contributed by atoms with van der Waals surface area (Å²) in [7, 11) is 0. The fourth-order valence-corrected chi connectivity index (χ4v) is 2.80. The molecule has 0 saturated carbocycles. The monoisotopic (exact) mass is 293 g/mol. The fraction of sp³-hybridized carbons (Fsp3) is 0.643. The predicted octanol–water partition coefficient (Wildman–Crippen LogP) is 0.929. The first kappa shape index (κ1) is 15.5. The van der Waals surface area contributed by atoms with E-state index in [-0.39, 0.29) is 18.5 Å². The summed E-state index contributed by atoms with van der Waals surface area (Å²) in [6.45, 7) is 4.57. The van der Waals surface area contributed by atoms with Crippen LogP contribution in [0.25, 0.3) is 0 Å². The lowest BCUT2D eigenvalue weighted by Crippen LogP contribution is -2.40. The Labute approximate surface area is 124 Å². The molecule has 4 N–H and O–H groups in total. The van der Waals surface area contributed by atoms with Crippen LogP contribution >= 0.6 is 0 Å². The van der Waals surface area contributed by atoms with Crippen molar-refractivity contribution in [3.8, 4) is 0 Å².